The van der Waals surface area contributed by atoms with Crippen LogP contribution >= 0.6 is 15.9 Å². The molecule has 0 saturated heterocycles. The molecular weight excluding hydrogens is 246 g/mol. The Kier molecular flexibility index (Phi) is 4.07. The zero-order valence-corrected chi connectivity index (χ0v) is 9.49. The second-order valence-electron chi connectivity index (χ2n) is 3.05. The van der Waals surface area contributed by atoms with Crippen LogP contribution in [0.25, 0.3) is 0 Å². The highest BCUT2D eigenvalue weighted by Crippen LogP contribution is 2.26. The monoisotopic (exact) mass is 257 g/mol. The van der Waals surface area contributed by atoms with Crippen LogP contribution < -0.4 is 0 Å². The summed E-state index contributed by atoms with van der Waals surface area (Å²) in [4.78, 5) is 15.1. The maximum absolute atomic E-state index is 11.0. The Balaban J connectivity index is 2.99. The molecule has 1 aromatic heterocycles. The summed E-state index contributed by atoms with van der Waals surface area (Å²) >= 11 is 3.31. The number of hydrogen-bond donors (Lipinski definition) is 1. The van der Waals surface area contributed by atoms with Crippen molar-refractivity contribution in [2.24, 2.45) is 0 Å². The van der Waals surface area contributed by atoms with Crippen molar-refractivity contribution in [3.8, 4) is 0 Å². The first kappa shape index (κ1) is 11.2. The maximum atomic E-state index is 11.0. The molecule has 1 rings (SSSR count). The van der Waals surface area contributed by atoms with E-state index in [0.29, 0.717) is 12.1 Å². The Morgan fingerprint density at radius 2 is 2.43 bits per heavy atom. The lowest BCUT2D eigenvalue weighted by molar-refractivity contribution is -0.139. The van der Waals surface area contributed by atoms with Crippen molar-refractivity contribution in [1.82, 2.24) is 4.98 Å². The van der Waals surface area contributed by atoms with E-state index >= 15 is 0 Å². The van der Waals surface area contributed by atoms with Gasteiger partial charge < -0.3 is 5.11 Å². The average Bonchev–Trinajstić information content (AvgIpc) is 2.15. The molecule has 1 atom stereocenters. The molecule has 14 heavy (non-hydrogen) atoms. The molecule has 0 radical (unpaired) electrons. The maximum Gasteiger partial charge on any atom is 0.312 e. The first-order chi connectivity index (χ1) is 6.66. The molecule has 0 fully saturated rings. The molecule has 0 spiro atoms. The van der Waals surface area contributed by atoms with Crippen LogP contribution in [-0.4, -0.2) is 16.1 Å². The molecule has 0 bridgehead atoms. The van der Waals surface area contributed by atoms with Crippen LogP contribution in [-0.2, 0) is 4.79 Å². The Hall–Kier alpha value is -0.900. The molecule has 76 valence electrons. The summed E-state index contributed by atoms with van der Waals surface area (Å²) in [6.45, 7) is 1.97. The topological polar surface area (TPSA) is 50.2 Å². The summed E-state index contributed by atoms with van der Waals surface area (Å²) in [7, 11) is 0. The van der Waals surface area contributed by atoms with E-state index in [1.165, 1.54) is 0 Å². The van der Waals surface area contributed by atoms with Gasteiger partial charge in [0.1, 0.15) is 0 Å². The third kappa shape index (κ3) is 2.54. The van der Waals surface area contributed by atoms with E-state index in [1.54, 1.807) is 12.3 Å². The summed E-state index contributed by atoms with van der Waals surface area (Å²) < 4.78 is 0.765. The van der Waals surface area contributed by atoms with E-state index < -0.39 is 11.9 Å². The highest BCUT2D eigenvalue weighted by Gasteiger charge is 2.22. The van der Waals surface area contributed by atoms with Gasteiger partial charge in [0.25, 0.3) is 0 Å². The van der Waals surface area contributed by atoms with Gasteiger partial charge in [-0.15, -0.1) is 0 Å². The van der Waals surface area contributed by atoms with E-state index in [-0.39, 0.29) is 0 Å². The fraction of sp³-hybridized carbons (Fsp3) is 0.400. The third-order valence-electron chi connectivity index (χ3n) is 1.99. The van der Waals surface area contributed by atoms with E-state index in [9.17, 15) is 4.79 Å². The van der Waals surface area contributed by atoms with Crippen molar-refractivity contribution in [2.75, 3.05) is 0 Å². The zero-order chi connectivity index (χ0) is 10.6. The minimum absolute atomic E-state index is 0.504. The van der Waals surface area contributed by atoms with Gasteiger partial charge in [-0.05, 0) is 34.5 Å². The highest BCUT2D eigenvalue weighted by atomic mass is 79.9. The number of nitrogens with zero attached hydrogens (tertiary/aromatic N) is 1. The summed E-state index contributed by atoms with van der Waals surface area (Å²) in [5, 5.41) is 9.02. The standard InChI is InChI=1S/C10H12BrNO2/c1-2-4-7(10(13)14)9-8(11)5-3-6-12-9/h3,5-7H,2,4H2,1H3,(H,13,14). The van der Waals surface area contributed by atoms with Gasteiger partial charge in [0, 0.05) is 10.7 Å². The fourth-order valence-corrected chi connectivity index (χ4v) is 1.85. The number of halogens is 1. The normalized spacial score (nSPS) is 12.4. The van der Waals surface area contributed by atoms with Gasteiger partial charge in [-0.2, -0.15) is 0 Å². The molecule has 0 amide bonds. The van der Waals surface area contributed by atoms with Gasteiger partial charge in [-0.25, -0.2) is 0 Å². The molecule has 1 heterocycles. The molecular formula is C10H12BrNO2. The predicted octanol–water partition coefficient (Wildman–Crippen LogP) is 2.81. The van der Waals surface area contributed by atoms with Gasteiger partial charge >= 0.3 is 5.97 Å². The summed E-state index contributed by atoms with van der Waals surface area (Å²) in [5.74, 6) is -1.32. The average molecular weight is 258 g/mol. The Bertz CT molecular complexity index is 328. The van der Waals surface area contributed by atoms with Gasteiger partial charge in [0.2, 0.25) is 0 Å². The molecule has 0 aromatic carbocycles. The minimum Gasteiger partial charge on any atom is -0.481 e. The number of carboxylic acid groups (broad SMARTS) is 1. The zero-order valence-electron chi connectivity index (χ0n) is 7.90. The van der Waals surface area contributed by atoms with Crippen LogP contribution in [0.1, 0.15) is 31.4 Å². The number of rotatable bonds is 4. The Labute approximate surface area is 91.3 Å². The lowest BCUT2D eigenvalue weighted by Gasteiger charge is -2.11. The summed E-state index contributed by atoms with van der Waals surface area (Å²) in [6.07, 6.45) is 3.07. The predicted molar refractivity (Wildman–Crippen MR) is 57.2 cm³/mol. The third-order valence-corrected chi connectivity index (χ3v) is 2.66. The van der Waals surface area contributed by atoms with Crippen LogP contribution in [0.15, 0.2) is 22.8 Å². The number of aliphatic carboxylic acids is 1. The second kappa shape index (κ2) is 5.10. The minimum atomic E-state index is -0.814. The van der Waals surface area contributed by atoms with Gasteiger partial charge in [0.15, 0.2) is 0 Å². The first-order valence-electron chi connectivity index (χ1n) is 4.50. The van der Waals surface area contributed by atoms with Gasteiger partial charge in [-0.3, -0.25) is 9.78 Å². The highest BCUT2D eigenvalue weighted by molar-refractivity contribution is 9.10. The van der Waals surface area contributed by atoms with Crippen LogP contribution in [0.4, 0.5) is 0 Å². The number of carboxylic acids is 1. The Morgan fingerprint density at radius 1 is 1.71 bits per heavy atom. The van der Waals surface area contributed by atoms with Crippen molar-refractivity contribution in [2.45, 2.75) is 25.7 Å². The first-order valence-corrected chi connectivity index (χ1v) is 5.29. The van der Waals surface area contributed by atoms with Gasteiger partial charge in [0.05, 0.1) is 11.6 Å². The molecule has 0 aliphatic carbocycles. The number of hydrogen-bond acceptors (Lipinski definition) is 2. The molecule has 1 N–H and O–H groups in total. The Morgan fingerprint density at radius 3 is 2.93 bits per heavy atom. The molecule has 4 heteroatoms. The van der Waals surface area contributed by atoms with Crippen LogP contribution in [0, 0.1) is 0 Å². The van der Waals surface area contributed by atoms with Crippen molar-refractivity contribution in [1.29, 1.82) is 0 Å². The quantitative estimate of drug-likeness (QED) is 0.903. The van der Waals surface area contributed by atoms with E-state index in [2.05, 4.69) is 20.9 Å². The lowest BCUT2D eigenvalue weighted by Crippen LogP contribution is -2.13. The van der Waals surface area contributed by atoms with Crippen molar-refractivity contribution < 1.29 is 9.90 Å². The summed E-state index contributed by atoms with van der Waals surface area (Å²) in [5.41, 5.74) is 0.613. The van der Waals surface area contributed by atoms with Crippen molar-refractivity contribution in [3.05, 3.63) is 28.5 Å². The van der Waals surface area contributed by atoms with Crippen LogP contribution in [0.3, 0.4) is 0 Å². The second-order valence-corrected chi connectivity index (χ2v) is 3.90. The number of carbonyl (C=O) groups is 1. The molecule has 1 unspecified atom stereocenters. The molecule has 0 saturated carbocycles. The van der Waals surface area contributed by atoms with E-state index in [4.69, 9.17) is 5.11 Å². The molecule has 1 aromatic rings. The van der Waals surface area contributed by atoms with Crippen LogP contribution in [0.2, 0.25) is 0 Å². The number of pyridine rings is 1. The summed E-state index contributed by atoms with van der Waals surface area (Å²) in [6, 6.07) is 3.59. The molecule has 0 aliphatic heterocycles. The number of aromatic nitrogens is 1. The van der Waals surface area contributed by atoms with Crippen molar-refractivity contribution >= 4 is 21.9 Å². The van der Waals surface area contributed by atoms with Gasteiger partial charge in [-0.1, -0.05) is 13.3 Å². The van der Waals surface area contributed by atoms with Crippen molar-refractivity contribution in [3.63, 3.8) is 0 Å². The van der Waals surface area contributed by atoms with E-state index in [0.717, 1.165) is 10.9 Å². The fourth-order valence-electron chi connectivity index (χ4n) is 1.32. The smallest absolute Gasteiger partial charge is 0.312 e. The molecule has 3 nitrogen and oxygen atoms in total. The van der Waals surface area contributed by atoms with E-state index in [1.807, 2.05) is 13.0 Å². The largest absolute Gasteiger partial charge is 0.481 e. The molecule has 0 aliphatic rings. The SMILES string of the molecule is CCCC(C(=O)O)c1ncccc1Br. The lowest BCUT2D eigenvalue weighted by atomic mass is 9.99. The van der Waals surface area contributed by atoms with Crippen LogP contribution in [0.5, 0.6) is 0 Å².